The standard InChI is InChI=1S/C17H22N2O/c20-16-8-9-17(18-10-3-11-19(16)17)15-7-6-13-4-1-2-5-14(13)12-15/h6-7,12,18H,1-5,8-11H2. The van der Waals surface area contributed by atoms with Crippen LogP contribution in [0.15, 0.2) is 18.2 Å². The molecule has 1 amide bonds. The van der Waals surface area contributed by atoms with Crippen molar-refractivity contribution in [1.82, 2.24) is 10.2 Å². The van der Waals surface area contributed by atoms with Gasteiger partial charge >= 0.3 is 0 Å². The molecule has 0 radical (unpaired) electrons. The third kappa shape index (κ3) is 1.72. The molecule has 0 aromatic heterocycles. The van der Waals surface area contributed by atoms with Crippen LogP contribution in [0.5, 0.6) is 0 Å². The van der Waals surface area contributed by atoms with Gasteiger partial charge in [-0.15, -0.1) is 0 Å². The van der Waals surface area contributed by atoms with Gasteiger partial charge in [0.05, 0.1) is 0 Å². The van der Waals surface area contributed by atoms with Crippen molar-refractivity contribution in [2.24, 2.45) is 0 Å². The molecule has 0 bridgehead atoms. The second-order valence-corrected chi connectivity index (χ2v) is 6.38. The second kappa shape index (κ2) is 4.59. The Hall–Kier alpha value is -1.35. The molecule has 4 rings (SSSR count). The van der Waals surface area contributed by atoms with Gasteiger partial charge in [-0.05, 0) is 61.8 Å². The van der Waals surface area contributed by atoms with E-state index in [9.17, 15) is 4.79 Å². The summed E-state index contributed by atoms with van der Waals surface area (Å²) >= 11 is 0. The minimum absolute atomic E-state index is 0.207. The van der Waals surface area contributed by atoms with Crippen molar-refractivity contribution in [3.05, 3.63) is 34.9 Å². The first-order valence-corrected chi connectivity index (χ1v) is 7.97. The van der Waals surface area contributed by atoms with Crippen LogP contribution in [0.2, 0.25) is 0 Å². The van der Waals surface area contributed by atoms with Crippen molar-refractivity contribution in [2.45, 2.75) is 50.6 Å². The third-order valence-electron chi connectivity index (χ3n) is 5.26. The Labute approximate surface area is 120 Å². The molecule has 2 heterocycles. The Morgan fingerprint density at radius 2 is 1.90 bits per heavy atom. The van der Waals surface area contributed by atoms with Crippen molar-refractivity contribution in [2.75, 3.05) is 13.1 Å². The molecule has 1 unspecified atom stereocenters. The molecule has 1 aromatic carbocycles. The van der Waals surface area contributed by atoms with E-state index in [4.69, 9.17) is 0 Å². The van der Waals surface area contributed by atoms with Crippen molar-refractivity contribution in [1.29, 1.82) is 0 Å². The molecule has 0 saturated carbocycles. The van der Waals surface area contributed by atoms with Gasteiger partial charge in [-0.25, -0.2) is 0 Å². The Morgan fingerprint density at radius 1 is 1.05 bits per heavy atom. The largest absolute Gasteiger partial charge is 0.320 e. The Kier molecular flexibility index (Phi) is 2.84. The summed E-state index contributed by atoms with van der Waals surface area (Å²) in [6, 6.07) is 6.93. The van der Waals surface area contributed by atoms with Gasteiger partial charge in [-0.1, -0.05) is 18.2 Å². The summed E-state index contributed by atoms with van der Waals surface area (Å²) in [6.07, 6.45) is 7.72. The number of hydrogen-bond acceptors (Lipinski definition) is 2. The predicted molar refractivity (Wildman–Crippen MR) is 78.3 cm³/mol. The van der Waals surface area contributed by atoms with E-state index in [0.717, 1.165) is 25.9 Å². The van der Waals surface area contributed by atoms with Crippen LogP contribution >= 0.6 is 0 Å². The number of nitrogens with zero attached hydrogens (tertiary/aromatic N) is 1. The molecule has 3 aliphatic rings. The molecule has 106 valence electrons. The maximum atomic E-state index is 12.2. The first-order valence-electron chi connectivity index (χ1n) is 7.97. The lowest BCUT2D eigenvalue weighted by atomic mass is 9.86. The highest BCUT2D eigenvalue weighted by Crippen LogP contribution is 2.40. The van der Waals surface area contributed by atoms with Gasteiger partial charge in [0.2, 0.25) is 5.91 Å². The van der Waals surface area contributed by atoms with Crippen molar-refractivity contribution in [3.63, 3.8) is 0 Å². The summed E-state index contributed by atoms with van der Waals surface area (Å²) in [5, 5.41) is 3.65. The van der Waals surface area contributed by atoms with Crippen LogP contribution in [0.3, 0.4) is 0 Å². The Morgan fingerprint density at radius 3 is 2.80 bits per heavy atom. The van der Waals surface area contributed by atoms with Gasteiger partial charge in [-0.3, -0.25) is 10.1 Å². The van der Waals surface area contributed by atoms with E-state index < -0.39 is 0 Å². The van der Waals surface area contributed by atoms with E-state index in [2.05, 4.69) is 28.4 Å². The highest BCUT2D eigenvalue weighted by molar-refractivity contribution is 5.80. The molecule has 0 spiro atoms. The van der Waals surface area contributed by atoms with Crippen LogP contribution in [0, 0.1) is 0 Å². The minimum atomic E-state index is -0.207. The molecular weight excluding hydrogens is 248 g/mol. The van der Waals surface area contributed by atoms with E-state index in [1.807, 2.05) is 0 Å². The number of carbonyl (C=O) groups is 1. The number of amides is 1. The van der Waals surface area contributed by atoms with Gasteiger partial charge in [-0.2, -0.15) is 0 Å². The normalized spacial score (nSPS) is 29.2. The molecule has 2 saturated heterocycles. The number of hydrogen-bond donors (Lipinski definition) is 1. The lowest BCUT2D eigenvalue weighted by molar-refractivity contribution is -0.133. The number of aryl methyl sites for hydroxylation is 2. The van der Waals surface area contributed by atoms with Crippen LogP contribution in [0.25, 0.3) is 0 Å². The van der Waals surface area contributed by atoms with E-state index in [0.29, 0.717) is 12.3 Å². The zero-order chi connectivity index (χ0) is 13.6. The summed E-state index contributed by atoms with van der Waals surface area (Å²) < 4.78 is 0. The van der Waals surface area contributed by atoms with Gasteiger partial charge < -0.3 is 4.90 Å². The van der Waals surface area contributed by atoms with Gasteiger partial charge in [0.1, 0.15) is 5.66 Å². The van der Waals surface area contributed by atoms with Crippen LogP contribution in [-0.2, 0) is 23.3 Å². The van der Waals surface area contributed by atoms with E-state index in [-0.39, 0.29) is 5.66 Å². The minimum Gasteiger partial charge on any atom is -0.320 e. The fraction of sp³-hybridized carbons (Fsp3) is 0.588. The monoisotopic (exact) mass is 270 g/mol. The zero-order valence-corrected chi connectivity index (χ0v) is 12.0. The summed E-state index contributed by atoms with van der Waals surface area (Å²) in [4.78, 5) is 14.2. The first-order chi connectivity index (χ1) is 9.79. The predicted octanol–water partition coefficient (Wildman–Crippen LogP) is 2.33. The zero-order valence-electron chi connectivity index (χ0n) is 12.0. The first kappa shape index (κ1) is 12.4. The van der Waals surface area contributed by atoms with Gasteiger partial charge in [0.25, 0.3) is 0 Å². The van der Waals surface area contributed by atoms with Gasteiger partial charge in [0.15, 0.2) is 0 Å². The average molecular weight is 270 g/mol. The Balaban J connectivity index is 1.77. The van der Waals surface area contributed by atoms with E-state index in [1.165, 1.54) is 42.4 Å². The van der Waals surface area contributed by atoms with Crippen LogP contribution in [0.4, 0.5) is 0 Å². The number of nitrogens with one attached hydrogen (secondary N) is 1. The molecule has 3 nitrogen and oxygen atoms in total. The number of carbonyl (C=O) groups excluding carboxylic acids is 1. The summed E-state index contributed by atoms with van der Waals surface area (Å²) in [5.74, 6) is 0.315. The SMILES string of the molecule is O=C1CCC2(c3ccc4c(c3)CCCC4)NCCCN12. The molecule has 2 fully saturated rings. The number of benzene rings is 1. The van der Waals surface area contributed by atoms with Gasteiger partial charge in [0, 0.05) is 13.0 Å². The molecule has 2 aliphatic heterocycles. The maximum absolute atomic E-state index is 12.2. The van der Waals surface area contributed by atoms with Crippen molar-refractivity contribution >= 4 is 5.91 Å². The highest BCUT2D eigenvalue weighted by atomic mass is 16.2. The fourth-order valence-electron chi connectivity index (χ4n) is 4.20. The molecule has 1 atom stereocenters. The second-order valence-electron chi connectivity index (χ2n) is 6.38. The van der Waals surface area contributed by atoms with Crippen LogP contribution in [0.1, 0.15) is 48.8 Å². The Bertz CT molecular complexity index is 554. The smallest absolute Gasteiger partial charge is 0.224 e. The average Bonchev–Trinajstić information content (AvgIpc) is 2.86. The van der Waals surface area contributed by atoms with E-state index in [1.54, 1.807) is 0 Å². The van der Waals surface area contributed by atoms with Crippen molar-refractivity contribution in [3.8, 4) is 0 Å². The maximum Gasteiger partial charge on any atom is 0.224 e. The molecular formula is C17H22N2O. The number of rotatable bonds is 1. The third-order valence-corrected chi connectivity index (χ3v) is 5.26. The van der Waals surface area contributed by atoms with Crippen LogP contribution in [-0.4, -0.2) is 23.9 Å². The fourth-order valence-corrected chi connectivity index (χ4v) is 4.20. The number of fused-ring (bicyclic) bond motifs is 2. The topological polar surface area (TPSA) is 32.3 Å². The van der Waals surface area contributed by atoms with Crippen molar-refractivity contribution < 1.29 is 4.79 Å². The quantitative estimate of drug-likeness (QED) is 0.849. The lowest BCUT2D eigenvalue weighted by Crippen LogP contribution is -2.58. The van der Waals surface area contributed by atoms with E-state index >= 15 is 0 Å². The molecule has 1 N–H and O–H groups in total. The molecule has 1 aliphatic carbocycles. The highest BCUT2D eigenvalue weighted by Gasteiger charge is 2.47. The van der Waals surface area contributed by atoms with Crippen LogP contribution < -0.4 is 5.32 Å². The lowest BCUT2D eigenvalue weighted by Gasteiger charge is -2.44. The molecule has 1 aromatic rings. The summed E-state index contributed by atoms with van der Waals surface area (Å²) in [6.45, 7) is 1.92. The summed E-state index contributed by atoms with van der Waals surface area (Å²) in [5.41, 5.74) is 4.13. The molecule has 3 heteroatoms. The summed E-state index contributed by atoms with van der Waals surface area (Å²) in [7, 11) is 0. The molecule has 20 heavy (non-hydrogen) atoms.